The Bertz CT molecular complexity index is 1470. The predicted molar refractivity (Wildman–Crippen MR) is 137 cm³/mol. The Morgan fingerprint density at radius 3 is 2.23 bits per heavy atom. The van der Waals surface area contributed by atoms with Gasteiger partial charge in [0.25, 0.3) is 10.0 Å². The van der Waals surface area contributed by atoms with E-state index in [0.717, 1.165) is 22.5 Å². The summed E-state index contributed by atoms with van der Waals surface area (Å²) in [6, 6.07) is 19.4. The van der Waals surface area contributed by atoms with Crippen LogP contribution in [0.25, 0.3) is 16.6 Å². The molecule has 3 aromatic carbocycles. The molecule has 0 saturated heterocycles. The molecule has 4 rings (SSSR count). The van der Waals surface area contributed by atoms with Gasteiger partial charge in [-0.25, -0.2) is 13.2 Å². The molecule has 0 fully saturated rings. The van der Waals surface area contributed by atoms with Crippen LogP contribution < -0.4 is 9.46 Å². The molecule has 0 amide bonds. The van der Waals surface area contributed by atoms with Gasteiger partial charge in [-0.05, 0) is 82.3 Å². The Labute approximate surface area is 205 Å². The Morgan fingerprint density at radius 2 is 1.60 bits per heavy atom. The third-order valence-corrected chi connectivity index (χ3v) is 7.07. The van der Waals surface area contributed by atoms with Crippen molar-refractivity contribution in [1.29, 1.82) is 0 Å². The van der Waals surface area contributed by atoms with E-state index in [1.54, 1.807) is 49.4 Å². The first-order valence-corrected chi connectivity index (χ1v) is 12.9. The van der Waals surface area contributed by atoms with Crippen LogP contribution in [0.2, 0.25) is 0 Å². The maximum atomic E-state index is 12.9. The van der Waals surface area contributed by atoms with Crippen molar-refractivity contribution in [3.63, 3.8) is 0 Å². The molecule has 0 unspecified atom stereocenters. The number of benzene rings is 3. The first-order chi connectivity index (χ1) is 16.7. The fraction of sp³-hybridized carbons (Fsp3) is 0.222. The Hall–Kier alpha value is -3.78. The van der Waals surface area contributed by atoms with Crippen LogP contribution in [0.15, 0.2) is 71.6 Å². The van der Waals surface area contributed by atoms with Crippen molar-refractivity contribution in [1.82, 2.24) is 4.57 Å². The van der Waals surface area contributed by atoms with E-state index >= 15 is 0 Å². The van der Waals surface area contributed by atoms with Gasteiger partial charge in [-0.15, -0.1) is 0 Å². The average molecular weight is 493 g/mol. The number of hydrogen-bond donors (Lipinski definition) is 1. The van der Waals surface area contributed by atoms with Gasteiger partial charge in [0, 0.05) is 22.5 Å². The van der Waals surface area contributed by atoms with E-state index in [9.17, 15) is 13.2 Å². The van der Waals surface area contributed by atoms with Gasteiger partial charge in [-0.1, -0.05) is 17.7 Å². The first kappa shape index (κ1) is 24.3. The number of esters is 1. The van der Waals surface area contributed by atoms with Crippen molar-refractivity contribution >= 4 is 32.6 Å². The van der Waals surface area contributed by atoms with E-state index in [4.69, 9.17) is 9.47 Å². The van der Waals surface area contributed by atoms with Gasteiger partial charge in [0.05, 0.1) is 29.2 Å². The van der Waals surface area contributed by atoms with Crippen molar-refractivity contribution in [2.45, 2.75) is 32.6 Å². The number of anilines is 1. The second kappa shape index (κ2) is 9.84. The first-order valence-electron chi connectivity index (χ1n) is 11.4. The summed E-state index contributed by atoms with van der Waals surface area (Å²) < 4.78 is 41.3. The largest absolute Gasteiger partial charge is 0.494 e. The number of fused-ring (bicyclic) bond motifs is 1. The van der Waals surface area contributed by atoms with E-state index < -0.39 is 16.0 Å². The minimum absolute atomic E-state index is 0.164. The maximum Gasteiger partial charge on any atom is 0.340 e. The summed E-state index contributed by atoms with van der Waals surface area (Å²) in [5, 5.41) is 0.596. The van der Waals surface area contributed by atoms with Crippen LogP contribution in [0.5, 0.6) is 5.75 Å². The summed E-state index contributed by atoms with van der Waals surface area (Å²) in [7, 11) is -3.79. The lowest BCUT2D eigenvalue weighted by Crippen LogP contribution is -2.13. The van der Waals surface area contributed by atoms with E-state index in [2.05, 4.69) is 4.72 Å². The standard InChI is InChI=1S/C27H28N2O5S/c1-5-33-22-12-10-21(11-13-22)29-19(4)26(27(30)34-6-2)24-17-20(9-16-25(24)29)28-35(31,32)23-14-7-18(3)8-15-23/h7-17,28H,5-6H2,1-4H3. The number of hydrogen-bond acceptors (Lipinski definition) is 5. The number of nitrogens with zero attached hydrogens (tertiary/aromatic N) is 1. The van der Waals surface area contributed by atoms with E-state index in [1.165, 1.54) is 0 Å². The predicted octanol–water partition coefficient (Wildman–Crippen LogP) is 5.62. The molecule has 1 heterocycles. The molecular weight excluding hydrogens is 464 g/mol. The highest BCUT2D eigenvalue weighted by atomic mass is 32.2. The topological polar surface area (TPSA) is 86.6 Å². The highest BCUT2D eigenvalue weighted by Crippen LogP contribution is 2.33. The summed E-state index contributed by atoms with van der Waals surface area (Å²) in [5.74, 6) is 0.294. The van der Waals surface area contributed by atoms with E-state index in [1.807, 2.05) is 49.6 Å². The minimum Gasteiger partial charge on any atom is -0.494 e. The Balaban J connectivity index is 1.82. The molecule has 4 aromatic rings. The molecule has 1 N–H and O–H groups in total. The smallest absolute Gasteiger partial charge is 0.340 e. The van der Waals surface area contributed by atoms with Crippen molar-refractivity contribution in [2.75, 3.05) is 17.9 Å². The highest BCUT2D eigenvalue weighted by molar-refractivity contribution is 7.92. The third kappa shape index (κ3) is 4.88. The van der Waals surface area contributed by atoms with Crippen LogP contribution in [0.3, 0.4) is 0 Å². The van der Waals surface area contributed by atoms with Crippen LogP contribution >= 0.6 is 0 Å². The van der Waals surface area contributed by atoms with Crippen LogP contribution in [0.4, 0.5) is 5.69 Å². The Kier molecular flexibility index (Phi) is 6.84. The molecule has 1 aromatic heterocycles. The van der Waals surface area contributed by atoms with Gasteiger partial charge in [0.15, 0.2) is 0 Å². The molecule has 182 valence electrons. The fourth-order valence-electron chi connectivity index (χ4n) is 4.07. The van der Waals surface area contributed by atoms with Crippen molar-refractivity contribution in [3.05, 3.63) is 83.6 Å². The molecule has 8 heteroatoms. The fourth-order valence-corrected chi connectivity index (χ4v) is 5.11. The minimum atomic E-state index is -3.79. The summed E-state index contributed by atoms with van der Waals surface area (Å²) in [4.78, 5) is 13.1. The van der Waals surface area contributed by atoms with Crippen molar-refractivity contribution in [2.24, 2.45) is 0 Å². The van der Waals surface area contributed by atoms with E-state index in [0.29, 0.717) is 28.9 Å². The van der Waals surface area contributed by atoms with Crippen LogP contribution in [-0.4, -0.2) is 32.2 Å². The summed E-state index contributed by atoms with van der Waals surface area (Å²) >= 11 is 0. The van der Waals surface area contributed by atoms with Crippen molar-refractivity contribution in [3.8, 4) is 11.4 Å². The molecule has 0 saturated carbocycles. The monoisotopic (exact) mass is 492 g/mol. The van der Waals surface area contributed by atoms with Gasteiger partial charge in [-0.2, -0.15) is 0 Å². The lowest BCUT2D eigenvalue weighted by atomic mass is 10.1. The Morgan fingerprint density at radius 1 is 0.914 bits per heavy atom. The SMILES string of the molecule is CCOC(=O)c1c(C)n(-c2ccc(OCC)cc2)c2ccc(NS(=O)(=O)c3ccc(C)cc3)cc12. The number of aryl methyl sites for hydroxylation is 1. The van der Waals surface area contributed by atoms with Crippen molar-refractivity contribution < 1.29 is 22.7 Å². The molecule has 0 aliphatic carbocycles. The highest BCUT2D eigenvalue weighted by Gasteiger charge is 2.23. The van der Waals surface area contributed by atoms with E-state index in [-0.39, 0.29) is 11.5 Å². The lowest BCUT2D eigenvalue weighted by molar-refractivity contribution is 0.0527. The number of carbonyl (C=O) groups is 1. The maximum absolute atomic E-state index is 12.9. The number of nitrogens with one attached hydrogen (secondary N) is 1. The van der Waals surface area contributed by atoms with Gasteiger partial charge in [-0.3, -0.25) is 4.72 Å². The number of aromatic nitrogens is 1. The molecule has 0 bridgehead atoms. The molecule has 0 radical (unpaired) electrons. The number of carbonyl (C=O) groups excluding carboxylic acids is 1. The van der Waals surface area contributed by atoms with Crippen LogP contribution in [0.1, 0.15) is 35.5 Å². The quantitative estimate of drug-likeness (QED) is 0.323. The third-order valence-electron chi connectivity index (χ3n) is 5.67. The molecule has 35 heavy (non-hydrogen) atoms. The zero-order valence-corrected chi connectivity index (χ0v) is 21.0. The van der Waals surface area contributed by atoms with Gasteiger partial charge >= 0.3 is 5.97 Å². The summed E-state index contributed by atoms with van der Waals surface area (Å²) in [6.07, 6.45) is 0. The zero-order chi connectivity index (χ0) is 25.2. The van der Waals surface area contributed by atoms with Crippen LogP contribution in [0, 0.1) is 13.8 Å². The normalized spacial score (nSPS) is 11.4. The molecule has 7 nitrogen and oxygen atoms in total. The number of rotatable bonds is 8. The molecule has 0 aliphatic heterocycles. The zero-order valence-electron chi connectivity index (χ0n) is 20.2. The lowest BCUT2D eigenvalue weighted by Gasteiger charge is -2.11. The second-order valence-electron chi connectivity index (χ2n) is 8.09. The number of sulfonamides is 1. The van der Waals surface area contributed by atoms with Crippen LogP contribution in [-0.2, 0) is 14.8 Å². The van der Waals surface area contributed by atoms with Gasteiger partial charge in [0.1, 0.15) is 5.75 Å². The average Bonchev–Trinajstić information content (AvgIpc) is 3.11. The molecular formula is C27H28N2O5S. The summed E-state index contributed by atoms with van der Waals surface area (Å²) in [6.45, 7) is 8.21. The molecule has 0 aliphatic rings. The number of ether oxygens (including phenoxy) is 2. The molecule has 0 atom stereocenters. The summed E-state index contributed by atoms with van der Waals surface area (Å²) in [5.41, 5.74) is 4.02. The second-order valence-corrected chi connectivity index (χ2v) is 9.78. The van der Waals surface area contributed by atoms with Gasteiger partial charge < -0.3 is 14.0 Å². The van der Waals surface area contributed by atoms with Gasteiger partial charge in [0.2, 0.25) is 0 Å². The molecule has 0 spiro atoms.